The largest absolute Gasteiger partial charge is 0.467 e. The summed E-state index contributed by atoms with van der Waals surface area (Å²) in [5.74, 6) is -1.54. The van der Waals surface area contributed by atoms with Gasteiger partial charge in [-0.2, -0.15) is 0 Å². The maximum absolute atomic E-state index is 11.6. The van der Waals surface area contributed by atoms with Gasteiger partial charge >= 0.3 is 5.97 Å². The predicted octanol–water partition coefficient (Wildman–Crippen LogP) is -1.36. The second-order valence-electron chi connectivity index (χ2n) is 3.15. The second-order valence-corrected chi connectivity index (χ2v) is 3.15. The van der Waals surface area contributed by atoms with Crippen LogP contribution in [0.1, 0.15) is 10.4 Å². The van der Waals surface area contributed by atoms with E-state index in [2.05, 4.69) is 15.0 Å². The molecule has 7 heteroatoms. The van der Waals surface area contributed by atoms with Gasteiger partial charge in [0.1, 0.15) is 5.56 Å². The van der Waals surface area contributed by atoms with Gasteiger partial charge in [-0.05, 0) is 0 Å². The number of aromatic nitrogens is 1. The molecule has 17 heavy (non-hydrogen) atoms. The van der Waals surface area contributed by atoms with Crippen molar-refractivity contribution in [2.75, 3.05) is 13.7 Å². The van der Waals surface area contributed by atoms with E-state index in [4.69, 9.17) is 5.11 Å². The van der Waals surface area contributed by atoms with Gasteiger partial charge in [0.15, 0.2) is 11.5 Å². The molecule has 92 valence electrons. The lowest BCUT2D eigenvalue weighted by molar-refractivity contribution is -0.143. The SMILES string of the molecule is COC(=O)C(CO)NC(=O)c1c[nH]ccc1=O. The Balaban J connectivity index is 2.82. The predicted molar refractivity (Wildman–Crippen MR) is 57.4 cm³/mol. The Morgan fingerprint density at radius 2 is 2.29 bits per heavy atom. The third kappa shape index (κ3) is 3.15. The maximum Gasteiger partial charge on any atom is 0.330 e. The molecule has 1 atom stereocenters. The fourth-order valence-electron chi connectivity index (χ4n) is 1.15. The van der Waals surface area contributed by atoms with Crippen LogP contribution in [-0.2, 0) is 9.53 Å². The van der Waals surface area contributed by atoms with Crippen molar-refractivity contribution in [2.45, 2.75) is 6.04 Å². The molecule has 0 saturated carbocycles. The van der Waals surface area contributed by atoms with Crippen LogP contribution in [0.15, 0.2) is 23.3 Å². The van der Waals surface area contributed by atoms with Crippen LogP contribution in [0.4, 0.5) is 0 Å². The summed E-state index contributed by atoms with van der Waals surface area (Å²) in [5, 5.41) is 11.1. The number of pyridine rings is 1. The molecule has 1 aromatic heterocycles. The minimum Gasteiger partial charge on any atom is -0.467 e. The van der Waals surface area contributed by atoms with E-state index < -0.39 is 30.0 Å². The van der Waals surface area contributed by atoms with Crippen LogP contribution in [0, 0.1) is 0 Å². The summed E-state index contributed by atoms with van der Waals surface area (Å²) in [4.78, 5) is 36.6. The third-order valence-corrected chi connectivity index (χ3v) is 2.04. The number of hydrogen-bond donors (Lipinski definition) is 3. The highest BCUT2D eigenvalue weighted by Gasteiger charge is 2.22. The number of esters is 1. The van der Waals surface area contributed by atoms with Crippen LogP contribution in [0.2, 0.25) is 0 Å². The van der Waals surface area contributed by atoms with Crippen LogP contribution in [-0.4, -0.2) is 41.7 Å². The Hall–Kier alpha value is -2.15. The number of H-pyrrole nitrogens is 1. The Morgan fingerprint density at radius 1 is 1.59 bits per heavy atom. The molecule has 3 N–H and O–H groups in total. The topological polar surface area (TPSA) is 108 Å². The molecular weight excluding hydrogens is 228 g/mol. The van der Waals surface area contributed by atoms with Gasteiger partial charge in [-0.3, -0.25) is 9.59 Å². The first-order valence-corrected chi connectivity index (χ1v) is 4.76. The number of carbonyl (C=O) groups excluding carboxylic acids is 2. The zero-order valence-corrected chi connectivity index (χ0v) is 9.10. The Kier molecular flexibility index (Phi) is 4.41. The molecule has 0 radical (unpaired) electrons. The number of carbonyl (C=O) groups is 2. The van der Waals surface area contributed by atoms with E-state index in [-0.39, 0.29) is 5.56 Å². The lowest BCUT2D eigenvalue weighted by Crippen LogP contribution is -2.45. The minimum atomic E-state index is -1.19. The monoisotopic (exact) mass is 240 g/mol. The summed E-state index contributed by atoms with van der Waals surface area (Å²) in [6.07, 6.45) is 2.59. The first-order valence-electron chi connectivity index (χ1n) is 4.76. The van der Waals surface area contributed by atoms with Crippen molar-refractivity contribution in [3.05, 3.63) is 34.2 Å². The quantitative estimate of drug-likeness (QED) is 0.563. The Bertz CT molecular complexity index is 468. The van der Waals surface area contributed by atoms with Gasteiger partial charge in [-0.1, -0.05) is 0 Å². The number of hydrogen-bond acceptors (Lipinski definition) is 5. The molecule has 0 fully saturated rings. The van der Waals surface area contributed by atoms with E-state index in [9.17, 15) is 14.4 Å². The highest BCUT2D eigenvalue weighted by molar-refractivity contribution is 5.96. The first-order chi connectivity index (χ1) is 8.10. The van der Waals surface area contributed by atoms with Crippen LogP contribution in [0.3, 0.4) is 0 Å². The second kappa shape index (κ2) is 5.80. The van der Waals surface area contributed by atoms with Crippen molar-refractivity contribution in [3.8, 4) is 0 Å². The molecule has 1 heterocycles. The van der Waals surface area contributed by atoms with E-state index >= 15 is 0 Å². The fraction of sp³-hybridized carbons (Fsp3) is 0.300. The highest BCUT2D eigenvalue weighted by atomic mass is 16.5. The third-order valence-electron chi connectivity index (χ3n) is 2.04. The molecule has 0 bridgehead atoms. The molecule has 1 rings (SSSR count). The number of aliphatic hydroxyl groups is 1. The van der Waals surface area contributed by atoms with Gasteiger partial charge < -0.3 is 20.1 Å². The molecule has 0 saturated heterocycles. The molecule has 0 aliphatic heterocycles. The summed E-state index contributed by atoms with van der Waals surface area (Å²) in [7, 11) is 1.13. The van der Waals surface area contributed by atoms with Gasteiger partial charge in [0.2, 0.25) is 0 Å². The van der Waals surface area contributed by atoms with Crippen molar-refractivity contribution in [3.63, 3.8) is 0 Å². The number of ether oxygens (including phenoxy) is 1. The zero-order valence-electron chi connectivity index (χ0n) is 9.10. The van der Waals surface area contributed by atoms with Crippen LogP contribution in [0.25, 0.3) is 0 Å². The summed E-state index contributed by atoms with van der Waals surface area (Å²) < 4.78 is 4.37. The highest BCUT2D eigenvalue weighted by Crippen LogP contribution is 1.92. The lowest BCUT2D eigenvalue weighted by Gasteiger charge is -2.13. The number of nitrogens with one attached hydrogen (secondary N) is 2. The van der Waals surface area contributed by atoms with E-state index in [1.807, 2.05) is 0 Å². The average molecular weight is 240 g/mol. The van der Waals surface area contributed by atoms with Gasteiger partial charge in [-0.25, -0.2) is 4.79 Å². The van der Waals surface area contributed by atoms with E-state index in [0.29, 0.717) is 0 Å². The number of aliphatic hydroxyl groups excluding tert-OH is 1. The Morgan fingerprint density at radius 3 is 2.82 bits per heavy atom. The van der Waals surface area contributed by atoms with Crippen molar-refractivity contribution >= 4 is 11.9 Å². The van der Waals surface area contributed by atoms with Gasteiger partial charge in [0, 0.05) is 18.5 Å². The normalized spacial score (nSPS) is 11.6. The maximum atomic E-state index is 11.6. The van der Waals surface area contributed by atoms with Gasteiger partial charge in [0.25, 0.3) is 5.91 Å². The number of methoxy groups -OCH3 is 1. The van der Waals surface area contributed by atoms with Crippen molar-refractivity contribution < 1.29 is 19.4 Å². The van der Waals surface area contributed by atoms with Gasteiger partial charge in [-0.15, -0.1) is 0 Å². The first kappa shape index (κ1) is 12.9. The summed E-state index contributed by atoms with van der Waals surface area (Å²) in [5.41, 5.74) is -0.627. The summed E-state index contributed by atoms with van der Waals surface area (Å²) >= 11 is 0. The smallest absolute Gasteiger partial charge is 0.330 e. The van der Waals surface area contributed by atoms with Crippen LogP contribution < -0.4 is 10.7 Å². The van der Waals surface area contributed by atoms with Crippen molar-refractivity contribution in [1.29, 1.82) is 0 Å². The molecular formula is C10H12N2O5. The fourth-order valence-corrected chi connectivity index (χ4v) is 1.15. The molecule has 0 aromatic carbocycles. The van der Waals surface area contributed by atoms with E-state index in [1.165, 1.54) is 18.5 Å². The average Bonchev–Trinajstić information content (AvgIpc) is 2.35. The van der Waals surface area contributed by atoms with E-state index in [0.717, 1.165) is 7.11 Å². The molecule has 0 spiro atoms. The van der Waals surface area contributed by atoms with Crippen LogP contribution >= 0.6 is 0 Å². The summed E-state index contributed by atoms with van der Waals surface area (Å²) in [6, 6.07) is -0.00631. The number of rotatable bonds is 4. The van der Waals surface area contributed by atoms with Crippen molar-refractivity contribution in [1.82, 2.24) is 10.3 Å². The molecule has 1 amide bonds. The van der Waals surface area contributed by atoms with Crippen LogP contribution in [0.5, 0.6) is 0 Å². The van der Waals surface area contributed by atoms with E-state index in [1.54, 1.807) is 0 Å². The van der Waals surface area contributed by atoms with Gasteiger partial charge in [0.05, 0.1) is 13.7 Å². The molecule has 0 aliphatic carbocycles. The standard InChI is InChI=1S/C10H12N2O5/c1-17-10(16)7(5-13)12-9(15)6-4-11-3-2-8(6)14/h2-4,7,13H,5H2,1H3,(H,11,14)(H,12,15). The molecule has 1 unspecified atom stereocenters. The lowest BCUT2D eigenvalue weighted by atomic mass is 10.2. The zero-order chi connectivity index (χ0) is 12.8. The summed E-state index contributed by atoms with van der Waals surface area (Å²) in [6.45, 7) is -0.608. The molecule has 7 nitrogen and oxygen atoms in total. The minimum absolute atomic E-state index is 0.144. The number of aromatic amines is 1. The molecule has 0 aliphatic rings. The van der Waals surface area contributed by atoms with Crippen molar-refractivity contribution in [2.24, 2.45) is 0 Å². The molecule has 1 aromatic rings. The Labute approximate surface area is 96.4 Å². The number of amides is 1.